The average Bonchev–Trinajstić information content (AvgIpc) is 1.65. The van der Waals surface area contributed by atoms with E-state index in [4.69, 9.17) is 0 Å². The molecular weight excluding hydrogens is 141 g/mol. The third-order valence-corrected chi connectivity index (χ3v) is 1.17. The minimum absolute atomic E-state index is 0. The predicted molar refractivity (Wildman–Crippen MR) is 35.0 cm³/mol. The quantitative estimate of drug-likeness (QED) is 0.378. The molecule has 0 aliphatic rings. The Kier molecular flexibility index (Phi) is 6.95. The van der Waals surface area contributed by atoms with Crippen molar-refractivity contribution < 1.29 is 8.42 Å². The summed E-state index contributed by atoms with van der Waals surface area (Å²) < 4.78 is 19.5. The molecule has 3 nitrogen and oxygen atoms in total. The van der Waals surface area contributed by atoms with E-state index >= 15 is 0 Å². The van der Waals surface area contributed by atoms with Crippen molar-refractivity contribution in [2.24, 2.45) is 0 Å². The van der Waals surface area contributed by atoms with Crippen molar-refractivity contribution in [3.63, 3.8) is 0 Å². The Morgan fingerprint density at radius 3 is 2.00 bits per heavy atom. The molecule has 0 bridgehead atoms. The molecule has 0 rings (SSSR count). The van der Waals surface area contributed by atoms with Crippen LogP contribution in [0.2, 0.25) is 0 Å². The molecule has 0 amide bonds. The van der Waals surface area contributed by atoms with Crippen LogP contribution < -0.4 is 0 Å². The molecule has 0 N–H and O–H groups in total. The van der Waals surface area contributed by atoms with Gasteiger partial charge in [-0.3, -0.25) is 0 Å². The molecule has 0 aromatic rings. The van der Waals surface area contributed by atoms with Gasteiger partial charge in [0.1, 0.15) is 0 Å². The van der Waals surface area contributed by atoms with Gasteiger partial charge >= 0.3 is 17.4 Å². The Bertz CT molecular complexity index is 151. The molecule has 8 heavy (non-hydrogen) atoms. The Morgan fingerprint density at radius 2 is 2.00 bits per heavy atom. The van der Waals surface area contributed by atoms with Gasteiger partial charge in [-0.1, -0.05) is 0 Å². The normalized spacial score (nSPS) is 11.6. The fraction of sp³-hybridized carbons (Fsp3) is 0.667. The molecule has 0 saturated heterocycles. The second-order valence-corrected chi connectivity index (χ2v) is 2.21. The molecule has 5 heteroatoms. The van der Waals surface area contributed by atoms with Crippen molar-refractivity contribution in [3.8, 4) is 6.57 Å². The molecule has 0 heterocycles. The summed E-state index contributed by atoms with van der Waals surface area (Å²) in [6.07, 6.45) is 0. The zero-order valence-electron chi connectivity index (χ0n) is 4.83. The van der Waals surface area contributed by atoms with Gasteiger partial charge in [0.05, 0.1) is 0 Å². The van der Waals surface area contributed by atoms with Crippen LogP contribution in [0.1, 0.15) is 6.92 Å². The van der Waals surface area contributed by atoms with Gasteiger partial charge in [-0.15, -0.1) is 4.85 Å². The number of nitrogens with zero attached hydrogens (tertiary/aromatic N) is 1. The van der Waals surface area contributed by atoms with Crippen LogP contribution in [-0.4, -0.2) is 22.7 Å². The van der Waals surface area contributed by atoms with Gasteiger partial charge in [-0.2, -0.15) is 0 Å². The first-order valence-electron chi connectivity index (χ1n) is 1.66. The molecular formula is C3H7AlNO2S+. The summed E-state index contributed by atoms with van der Waals surface area (Å²) in [5, 5.41) is -0.778. The maximum absolute atomic E-state index is 9.76. The standard InChI is InChI=1S/C3H5NO2S.Al.2H/c1-3(4-2)7(5)6;;;/h2-3H,1H3;;;/q;+1;;. The Balaban J connectivity index is 0. The Labute approximate surface area is 60.6 Å². The average molecular weight is 148 g/mol. The molecule has 0 aromatic heterocycles. The van der Waals surface area contributed by atoms with E-state index in [9.17, 15) is 8.42 Å². The zero-order valence-corrected chi connectivity index (χ0v) is 7.64. The summed E-state index contributed by atoms with van der Waals surface area (Å²) in [5.74, 6) is 0. The van der Waals surface area contributed by atoms with Gasteiger partial charge in [0.25, 0.3) is 11.9 Å². The summed E-state index contributed by atoms with van der Waals surface area (Å²) >= 11 is 0. The van der Waals surface area contributed by atoms with E-state index in [-0.39, 0.29) is 17.4 Å². The molecule has 0 saturated carbocycles. The van der Waals surface area contributed by atoms with Crippen molar-refractivity contribution in [2.45, 2.75) is 12.3 Å². The topological polar surface area (TPSA) is 38.5 Å². The fourth-order valence-electron chi connectivity index (χ4n) is 0.0497. The van der Waals surface area contributed by atoms with E-state index in [2.05, 4.69) is 11.4 Å². The molecule has 0 spiro atoms. The summed E-state index contributed by atoms with van der Waals surface area (Å²) in [5.41, 5.74) is 0. The first-order chi connectivity index (χ1) is 3.18. The Hall–Kier alpha value is -0.0275. The van der Waals surface area contributed by atoms with Crippen LogP contribution in [0.5, 0.6) is 0 Å². The van der Waals surface area contributed by atoms with E-state index < -0.39 is 16.1 Å². The van der Waals surface area contributed by atoms with Gasteiger partial charge in [0, 0.05) is 17.6 Å². The number of hydrogen-bond donors (Lipinski definition) is 0. The van der Waals surface area contributed by atoms with Crippen molar-refractivity contribution in [3.05, 3.63) is 4.85 Å². The van der Waals surface area contributed by atoms with Crippen molar-refractivity contribution >= 4 is 28.1 Å². The molecule has 0 fully saturated rings. The van der Waals surface area contributed by atoms with E-state index in [0.29, 0.717) is 0 Å². The first kappa shape index (κ1) is 10.9. The Morgan fingerprint density at radius 1 is 1.62 bits per heavy atom. The zero-order chi connectivity index (χ0) is 5.86. The van der Waals surface area contributed by atoms with Gasteiger partial charge in [0.2, 0.25) is 0 Å². The van der Waals surface area contributed by atoms with Crippen molar-refractivity contribution in [1.29, 1.82) is 0 Å². The van der Waals surface area contributed by atoms with Crippen LogP contribution >= 0.6 is 0 Å². The van der Waals surface area contributed by atoms with Crippen molar-refractivity contribution in [2.75, 3.05) is 0 Å². The third-order valence-electron chi connectivity index (χ3n) is 0.488. The van der Waals surface area contributed by atoms with Gasteiger partial charge < -0.3 is 8.42 Å². The van der Waals surface area contributed by atoms with Crippen LogP contribution in [0.25, 0.3) is 4.85 Å². The molecule has 1 unspecified atom stereocenters. The van der Waals surface area contributed by atoms with Gasteiger partial charge in [0.15, 0.2) is 0 Å². The second-order valence-electron chi connectivity index (χ2n) is 1.01. The minimum atomic E-state index is -2.15. The van der Waals surface area contributed by atoms with E-state index in [0.717, 1.165) is 0 Å². The fourth-order valence-corrected chi connectivity index (χ4v) is 0.149. The van der Waals surface area contributed by atoms with E-state index in [1.807, 2.05) is 0 Å². The SMILES string of the molecule is C#[N+]C(C)[S-](=O)=O.[AlH2+]. The second kappa shape index (κ2) is 5.12. The summed E-state index contributed by atoms with van der Waals surface area (Å²) in [6, 6.07) is 0. The van der Waals surface area contributed by atoms with Crippen LogP contribution in [0.4, 0.5) is 0 Å². The monoisotopic (exact) mass is 148 g/mol. The van der Waals surface area contributed by atoms with Crippen LogP contribution in [0.3, 0.4) is 0 Å². The molecule has 1 atom stereocenters. The third kappa shape index (κ3) is 4.14. The summed E-state index contributed by atoms with van der Waals surface area (Å²) in [7, 11) is -2.15. The molecule has 0 radical (unpaired) electrons. The first-order valence-corrected chi connectivity index (χ1v) is 2.80. The summed E-state index contributed by atoms with van der Waals surface area (Å²) in [6.45, 7) is 6.00. The number of rotatable bonds is 1. The maximum atomic E-state index is 9.76. The van der Waals surface area contributed by atoms with Gasteiger partial charge in [-0.05, 0) is 0 Å². The van der Waals surface area contributed by atoms with E-state index in [1.54, 1.807) is 0 Å². The molecule has 0 aliphatic carbocycles. The van der Waals surface area contributed by atoms with Crippen LogP contribution in [-0.2, 0) is 19.1 Å². The van der Waals surface area contributed by atoms with Crippen molar-refractivity contribution in [1.82, 2.24) is 0 Å². The molecule has 0 aliphatic heterocycles. The summed E-state index contributed by atoms with van der Waals surface area (Å²) in [4.78, 5) is 2.98. The van der Waals surface area contributed by atoms with Gasteiger partial charge in [-0.25, -0.2) is 0 Å². The van der Waals surface area contributed by atoms with Crippen LogP contribution in [0.15, 0.2) is 0 Å². The van der Waals surface area contributed by atoms with Crippen LogP contribution in [0, 0.1) is 6.57 Å². The molecule has 44 valence electrons. The van der Waals surface area contributed by atoms with E-state index in [1.165, 1.54) is 6.92 Å². The number of hydrogen-bond acceptors (Lipinski definition) is 3. The molecule has 0 aromatic carbocycles. The predicted octanol–water partition coefficient (Wildman–Crippen LogP) is -0.312.